The molecule has 264 valence electrons. The topological polar surface area (TPSA) is 96.2 Å². The van der Waals surface area contributed by atoms with Crippen molar-refractivity contribution in [2.24, 2.45) is 47.3 Å². The molecule has 3 N–H and O–H groups in total. The third-order valence-electron chi connectivity index (χ3n) is 11.9. The lowest BCUT2D eigenvalue weighted by molar-refractivity contribution is 0.0674. The van der Waals surface area contributed by atoms with Crippen molar-refractivity contribution in [2.75, 3.05) is 14.2 Å². The number of aldehydes is 1. The van der Waals surface area contributed by atoms with E-state index in [0.29, 0.717) is 47.0 Å². The summed E-state index contributed by atoms with van der Waals surface area (Å²) in [7, 11) is 3.41. The summed E-state index contributed by atoms with van der Waals surface area (Å²) in [5, 5.41) is 30.0. The third-order valence-corrected chi connectivity index (χ3v) is 13.0. The first-order valence-corrected chi connectivity index (χ1v) is 17.8. The Morgan fingerprint density at radius 2 is 1.06 bits per heavy atom. The summed E-state index contributed by atoms with van der Waals surface area (Å²) in [6.45, 7) is 2.04. The van der Waals surface area contributed by atoms with Gasteiger partial charge in [-0.25, -0.2) is 0 Å². The average Bonchev–Trinajstić information content (AvgIpc) is 2.98. The Balaban J connectivity index is 0.000000204. The molecule has 0 spiro atoms. The molecule has 2 aromatic carbocycles. The van der Waals surface area contributed by atoms with E-state index in [2.05, 4.69) is 28.7 Å². The number of benzene rings is 2. The summed E-state index contributed by atoms with van der Waals surface area (Å²) in [4.78, 5) is 11.4. The van der Waals surface area contributed by atoms with Crippen molar-refractivity contribution in [1.29, 1.82) is 0 Å². The molecule has 0 unspecified atom stereocenters. The number of aryl methyl sites for hydroxylation is 1. The molecule has 0 amide bonds. The first-order chi connectivity index (χ1) is 21.7. The zero-order valence-corrected chi connectivity index (χ0v) is 28.7. The smallest absolute Gasteiger partial charge is 0.154 e. The Morgan fingerprint density at radius 3 is 1.46 bits per heavy atom. The zero-order chi connectivity index (χ0) is 31.6. The van der Waals surface area contributed by atoms with Crippen LogP contribution >= 0.6 is 22.6 Å². The first kappa shape index (κ1) is 38.1. The van der Waals surface area contributed by atoms with E-state index in [1.165, 1.54) is 81.9 Å². The van der Waals surface area contributed by atoms with Crippen LogP contribution in [0.25, 0.3) is 11.5 Å². The van der Waals surface area contributed by atoms with Gasteiger partial charge in [-0.05, 0) is 176 Å². The molecular formula is C41H57IO6. The van der Waals surface area contributed by atoms with Gasteiger partial charge in [0.1, 0.15) is 28.8 Å². The molecule has 0 radical (unpaired) electrons. The second-order valence-electron chi connectivity index (χ2n) is 14.8. The fraction of sp³-hybridized carbons (Fsp3) is 0.585. The monoisotopic (exact) mass is 772 g/mol. The minimum atomic E-state index is -0.200. The van der Waals surface area contributed by atoms with E-state index in [1.807, 2.05) is 13.0 Å². The van der Waals surface area contributed by atoms with Crippen LogP contribution in [0.4, 0.5) is 0 Å². The number of hydrogen-bond acceptors (Lipinski definition) is 6. The molecule has 8 aliphatic carbocycles. The molecule has 0 saturated heterocycles. The van der Waals surface area contributed by atoms with Crippen LogP contribution in [0, 0.1) is 57.8 Å². The molecule has 2 aromatic rings. The number of ether oxygens (including phenoxy) is 2. The zero-order valence-electron chi connectivity index (χ0n) is 26.5. The van der Waals surface area contributed by atoms with Gasteiger partial charge in [-0.3, -0.25) is 4.79 Å². The Kier molecular flexibility index (Phi) is 12.0. The highest BCUT2D eigenvalue weighted by Gasteiger charge is 2.48. The number of methoxy groups -OCH3 is 2. The van der Waals surface area contributed by atoms with Crippen LogP contribution in [0.3, 0.4) is 0 Å². The minimum absolute atomic E-state index is 0. The predicted octanol–water partition coefficient (Wildman–Crippen LogP) is 10.8. The molecular weight excluding hydrogens is 715 g/mol. The van der Waals surface area contributed by atoms with Crippen LogP contribution in [-0.2, 0) is 9.47 Å². The maximum atomic E-state index is 11.4. The minimum Gasteiger partial charge on any atom is -0.508 e. The van der Waals surface area contributed by atoms with Gasteiger partial charge in [-0.2, -0.15) is 0 Å². The number of halogens is 1. The van der Waals surface area contributed by atoms with Crippen LogP contribution in [0.15, 0.2) is 35.4 Å². The summed E-state index contributed by atoms with van der Waals surface area (Å²) in [5.74, 6) is 7.90. The van der Waals surface area contributed by atoms with Gasteiger partial charge in [-0.15, -0.1) is 0 Å². The van der Waals surface area contributed by atoms with E-state index in [4.69, 9.17) is 9.47 Å². The third kappa shape index (κ3) is 6.74. The molecule has 8 aliphatic rings. The van der Waals surface area contributed by atoms with Gasteiger partial charge < -0.3 is 24.8 Å². The highest BCUT2D eigenvalue weighted by molar-refractivity contribution is 14.1. The van der Waals surface area contributed by atoms with E-state index in [0.717, 1.165) is 44.1 Å². The molecule has 0 heterocycles. The van der Waals surface area contributed by atoms with Gasteiger partial charge >= 0.3 is 0 Å². The molecule has 8 saturated carbocycles. The standard InChI is InChI=1S/C19H23IO2.C19H22O4.3CH4/c1-10-3-15(18(20)16(21)4-10)19(22-2)17-13-6-11-5-12(8-13)9-14(17)7-11;1-23-19(15-7-14(21)8-17(22)16(15)9-20)18-12-3-10-2-11(5-12)6-13(18)4-10;;;/h3-4,11-14,21H,5-9H2,1-2H3;7-13,21-22H,2-6H2,1H3;3*1H4. The summed E-state index contributed by atoms with van der Waals surface area (Å²) in [5.41, 5.74) is 5.74. The van der Waals surface area contributed by atoms with E-state index in [1.54, 1.807) is 19.8 Å². The van der Waals surface area contributed by atoms with Crippen LogP contribution in [0.1, 0.15) is 114 Å². The summed E-state index contributed by atoms with van der Waals surface area (Å²) in [6, 6.07) is 6.72. The van der Waals surface area contributed by atoms with Crippen molar-refractivity contribution >= 4 is 40.4 Å². The lowest BCUT2D eigenvalue weighted by Gasteiger charge is -2.51. The predicted molar refractivity (Wildman–Crippen MR) is 203 cm³/mol. The number of carbonyl (C=O) groups is 1. The molecule has 0 aromatic heterocycles. The summed E-state index contributed by atoms with van der Waals surface area (Å²) < 4.78 is 12.5. The second-order valence-corrected chi connectivity index (χ2v) is 15.9. The van der Waals surface area contributed by atoms with Gasteiger partial charge in [-0.1, -0.05) is 22.3 Å². The Labute approximate surface area is 302 Å². The van der Waals surface area contributed by atoms with E-state index in [-0.39, 0.29) is 39.3 Å². The molecule has 8 fully saturated rings. The largest absolute Gasteiger partial charge is 0.508 e. The summed E-state index contributed by atoms with van der Waals surface area (Å²) in [6.07, 6.45) is 13.7. The molecule has 48 heavy (non-hydrogen) atoms. The number of aromatic hydroxyl groups is 3. The quantitative estimate of drug-likeness (QED) is 0.159. The van der Waals surface area contributed by atoms with Crippen LogP contribution in [-0.4, -0.2) is 35.8 Å². The van der Waals surface area contributed by atoms with E-state index in [9.17, 15) is 20.1 Å². The lowest BCUT2D eigenvalue weighted by atomic mass is 9.54. The first-order valence-electron chi connectivity index (χ1n) is 16.7. The Morgan fingerprint density at radius 1 is 0.646 bits per heavy atom. The number of phenolic OH excluding ortho intramolecular Hbond substituents is 3. The number of rotatable bonds is 5. The van der Waals surface area contributed by atoms with Gasteiger partial charge in [0.2, 0.25) is 0 Å². The number of allylic oxidation sites excluding steroid dienone is 2. The lowest BCUT2D eigenvalue weighted by Crippen LogP contribution is -2.41. The maximum Gasteiger partial charge on any atom is 0.154 e. The second kappa shape index (κ2) is 15.1. The fourth-order valence-electron chi connectivity index (χ4n) is 10.7. The van der Waals surface area contributed by atoms with E-state index >= 15 is 0 Å². The molecule has 6 nitrogen and oxygen atoms in total. The van der Waals surface area contributed by atoms with Crippen molar-refractivity contribution in [2.45, 2.75) is 93.4 Å². The van der Waals surface area contributed by atoms with Crippen LogP contribution in [0.5, 0.6) is 17.2 Å². The van der Waals surface area contributed by atoms with Crippen molar-refractivity contribution in [3.8, 4) is 17.2 Å². The van der Waals surface area contributed by atoms with E-state index < -0.39 is 0 Å². The van der Waals surface area contributed by atoms with Crippen molar-refractivity contribution < 1.29 is 29.6 Å². The van der Waals surface area contributed by atoms with Crippen molar-refractivity contribution in [1.82, 2.24) is 0 Å². The number of carbonyl (C=O) groups excluding carboxylic acids is 1. The van der Waals surface area contributed by atoms with Gasteiger partial charge in [0, 0.05) is 17.2 Å². The SMILES string of the molecule is C.C.C.COC(=C1C2CC3CC(C2)CC1C3)c1cc(C)cc(O)c1I.COC(=C1C2CC3CC(C2)CC1C3)c1cc(O)cc(O)c1C=O. The highest BCUT2D eigenvalue weighted by atomic mass is 127. The Bertz CT molecular complexity index is 1510. The molecule has 7 heteroatoms. The maximum absolute atomic E-state index is 11.4. The Hall–Kier alpha value is -2.68. The highest BCUT2D eigenvalue weighted by Crippen LogP contribution is 2.59. The van der Waals surface area contributed by atoms with Gasteiger partial charge in [0.05, 0.1) is 23.4 Å². The molecule has 8 bridgehead atoms. The normalized spacial score (nSPS) is 29.8. The average molecular weight is 773 g/mol. The number of hydrogen-bond donors (Lipinski definition) is 3. The van der Waals surface area contributed by atoms with Gasteiger partial charge in [0.25, 0.3) is 0 Å². The van der Waals surface area contributed by atoms with Crippen molar-refractivity contribution in [3.63, 3.8) is 0 Å². The molecule has 0 aliphatic heterocycles. The molecule has 10 rings (SSSR count). The summed E-state index contributed by atoms with van der Waals surface area (Å²) >= 11 is 2.25. The van der Waals surface area contributed by atoms with Gasteiger partial charge in [0.15, 0.2) is 6.29 Å². The fourth-order valence-corrected chi connectivity index (χ4v) is 11.3. The number of phenols is 3. The van der Waals surface area contributed by atoms with Crippen LogP contribution in [0.2, 0.25) is 0 Å². The van der Waals surface area contributed by atoms with Crippen LogP contribution < -0.4 is 0 Å². The molecule has 0 atom stereocenters. The van der Waals surface area contributed by atoms with Crippen molar-refractivity contribution in [3.05, 3.63) is 61.2 Å².